The Balaban J connectivity index is 1.63. The summed E-state index contributed by atoms with van der Waals surface area (Å²) in [6.07, 6.45) is 1.12. The van der Waals surface area contributed by atoms with Crippen molar-refractivity contribution in [3.63, 3.8) is 0 Å². The first-order valence-corrected chi connectivity index (χ1v) is 9.50. The van der Waals surface area contributed by atoms with Crippen LogP contribution in [0.25, 0.3) is 0 Å². The summed E-state index contributed by atoms with van der Waals surface area (Å²) in [5.41, 5.74) is 2.99. The lowest BCUT2D eigenvalue weighted by Gasteiger charge is -2.30. The van der Waals surface area contributed by atoms with Crippen molar-refractivity contribution in [2.75, 3.05) is 43.6 Å². The van der Waals surface area contributed by atoms with Crippen LogP contribution in [-0.4, -0.2) is 39.3 Å². The number of methoxy groups -OCH3 is 1. The number of hydrogen-bond acceptors (Lipinski definition) is 4. The van der Waals surface area contributed by atoms with E-state index in [0.717, 1.165) is 40.2 Å². The van der Waals surface area contributed by atoms with Crippen molar-refractivity contribution < 1.29 is 14.3 Å². The van der Waals surface area contributed by atoms with E-state index in [9.17, 15) is 4.79 Å². The van der Waals surface area contributed by atoms with Gasteiger partial charge < -0.3 is 19.7 Å². The van der Waals surface area contributed by atoms with Gasteiger partial charge in [-0.2, -0.15) is 0 Å². The molecule has 0 bridgehead atoms. The molecule has 0 unspecified atom stereocenters. The second-order valence-corrected chi connectivity index (χ2v) is 7.07. The van der Waals surface area contributed by atoms with Crippen molar-refractivity contribution in [2.24, 2.45) is 0 Å². The van der Waals surface area contributed by atoms with Crippen LogP contribution in [0.3, 0.4) is 0 Å². The van der Waals surface area contributed by atoms with Gasteiger partial charge in [0.25, 0.3) is 0 Å². The van der Waals surface area contributed by atoms with E-state index in [2.05, 4.69) is 26.1 Å². The summed E-state index contributed by atoms with van der Waals surface area (Å²) in [7, 11) is 1.65. The van der Waals surface area contributed by atoms with E-state index in [1.54, 1.807) is 7.11 Å². The van der Waals surface area contributed by atoms with Crippen LogP contribution < -0.4 is 15.0 Å². The number of aryl methyl sites for hydroxylation is 1. The highest BCUT2D eigenvalue weighted by molar-refractivity contribution is 9.10. The molecule has 0 aliphatic carbocycles. The normalized spacial score (nSPS) is 14.2. The minimum absolute atomic E-state index is 0.00780. The average molecular weight is 419 g/mol. The molecule has 2 aromatic rings. The topological polar surface area (TPSA) is 50.8 Å². The lowest BCUT2D eigenvalue weighted by Crippen LogP contribution is -2.36. The van der Waals surface area contributed by atoms with Gasteiger partial charge >= 0.3 is 0 Å². The SMILES string of the molecule is COc1ccc(CCC(=O)Nc2cc(Br)ccc2N2CCOCC2)cc1. The van der Waals surface area contributed by atoms with Gasteiger partial charge in [0.15, 0.2) is 0 Å². The molecule has 1 saturated heterocycles. The zero-order chi connectivity index (χ0) is 18.4. The fourth-order valence-electron chi connectivity index (χ4n) is 2.95. The smallest absolute Gasteiger partial charge is 0.224 e. The van der Waals surface area contributed by atoms with Gasteiger partial charge in [0, 0.05) is 24.0 Å². The van der Waals surface area contributed by atoms with E-state index in [-0.39, 0.29) is 5.91 Å². The number of benzene rings is 2. The Bertz CT molecular complexity index is 743. The Hall–Kier alpha value is -2.05. The Morgan fingerprint density at radius 2 is 1.92 bits per heavy atom. The maximum absolute atomic E-state index is 12.5. The summed E-state index contributed by atoms with van der Waals surface area (Å²) in [5.74, 6) is 0.830. The van der Waals surface area contributed by atoms with Crippen LogP contribution >= 0.6 is 15.9 Å². The number of nitrogens with zero attached hydrogens (tertiary/aromatic N) is 1. The van der Waals surface area contributed by atoms with Gasteiger partial charge in [-0.3, -0.25) is 4.79 Å². The number of morpholine rings is 1. The van der Waals surface area contributed by atoms with E-state index in [0.29, 0.717) is 26.1 Å². The van der Waals surface area contributed by atoms with Gasteiger partial charge in [0.2, 0.25) is 5.91 Å². The zero-order valence-electron chi connectivity index (χ0n) is 14.8. The van der Waals surface area contributed by atoms with E-state index in [4.69, 9.17) is 9.47 Å². The van der Waals surface area contributed by atoms with Crippen molar-refractivity contribution in [2.45, 2.75) is 12.8 Å². The van der Waals surface area contributed by atoms with Crippen LogP contribution in [0.2, 0.25) is 0 Å². The van der Waals surface area contributed by atoms with Gasteiger partial charge in [-0.25, -0.2) is 0 Å². The molecule has 2 aromatic carbocycles. The lowest BCUT2D eigenvalue weighted by atomic mass is 10.1. The summed E-state index contributed by atoms with van der Waals surface area (Å²) < 4.78 is 11.5. The first-order chi connectivity index (χ1) is 12.7. The fourth-order valence-corrected chi connectivity index (χ4v) is 3.31. The first-order valence-electron chi connectivity index (χ1n) is 8.71. The minimum Gasteiger partial charge on any atom is -0.497 e. The van der Waals surface area contributed by atoms with Crippen LogP contribution in [0.4, 0.5) is 11.4 Å². The Morgan fingerprint density at radius 1 is 1.19 bits per heavy atom. The molecule has 5 nitrogen and oxygen atoms in total. The molecular formula is C20H23BrN2O3. The number of nitrogens with one attached hydrogen (secondary N) is 1. The molecule has 138 valence electrons. The second kappa shape index (κ2) is 9.05. The summed E-state index contributed by atoms with van der Waals surface area (Å²) in [5, 5.41) is 3.07. The molecule has 1 N–H and O–H groups in total. The fraction of sp³-hybridized carbons (Fsp3) is 0.350. The van der Waals surface area contributed by atoms with Crippen molar-refractivity contribution in [1.29, 1.82) is 0 Å². The number of halogens is 1. The number of carbonyl (C=O) groups excluding carboxylic acids is 1. The molecule has 1 fully saturated rings. The van der Waals surface area contributed by atoms with Crippen molar-refractivity contribution >= 4 is 33.2 Å². The van der Waals surface area contributed by atoms with Gasteiger partial charge in [-0.15, -0.1) is 0 Å². The number of carbonyl (C=O) groups is 1. The highest BCUT2D eigenvalue weighted by atomic mass is 79.9. The average Bonchev–Trinajstić information content (AvgIpc) is 2.67. The number of ether oxygens (including phenoxy) is 2. The standard InChI is InChI=1S/C20H23BrN2O3/c1-25-17-6-2-15(3-7-17)4-9-20(24)22-18-14-16(21)5-8-19(18)23-10-12-26-13-11-23/h2-3,5-8,14H,4,9-13H2,1H3,(H,22,24). The number of rotatable bonds is 6. The molecule has 0 spiro atoms. The van der Waals surface area contributed by atoms with Crippen LogP contribution in [-0.2, 0) is 16.0 Å². The predicted molar refractivity (Wildman–Crippen MR) is 107 cm³/mol. The second-order valence-electron chi connectivity index (χ2n) is 6.16. The quantitative estimate of drug-likeness (QED) is 0.773. The van der Waals surface area contributed by atoms with Gasteiger partial charge in [-0.05, 0) is 42.3 Å². The third kappa shape index (κ3) is 4.99. The van der Waals surface area contributed by atoms with Crippen molar-refractivity contribution in [3.05, 3.63) is 52.5 Å². The maximum Gasteiger partial charge on any atom is 0.224 e. The van der Waals surface area contributed by atoms with Crippen molar-refractivity contribution in [1.82, 2.24) is 0 Å². The van der Waals surface area contributed by atoms with Crippen LogP contribution in [0, 0.1) is 0 Å². The molecule has 1 amide bonds. The van der Waals surface area contributed by atoms with Crippen LogP contribution in [0.15, 0.2) is 46.9 Å². The zero-order valence-corrected chi connectivity index (χ0v) is 16.4. The molecule has 0 radical (unpaired) electrons. The van der Waals surface area contributed by atoms with E-state index in [1.807, 2.05) is 42.5 Å². The maximum atomic E-state index is 12.5. The van der Waals surface area contributed by atoms with E-state index < -0.39 is 0 Å². The molecule has 6 heteroatoms. The molecule has 1 aliphatic rings. The lowest BCUT2D eigenvalue weighted by molar-refractivity contribution is -0.116. The van der Waals surface area contributed by atoms with E-state index in [1.165, 1.54) is 0 Å². The molecular weight excluding hydrogens is 396 g/mol. The molecule has 1 aliphatic heterocycles. The Morgan fingerprint density at radius 3 is 2.62 bits per heavy atom. The summed E-state index contributed by atoms with van der Waals surface area (Å²) >= 11 is 3.49. The summed E-state index contributed by atoms with van der Waals surface area (Å²) in [6, 6.07) is 13.8. The van der Waals surface area contributed by atoms with Crippen molar-refractivity contribution in [3.8, 4) is 5.75 Å². The molecule has 26 heavy (non-hydrogen) atoms. The number of hydrogen-bond donors (Lipinski definition) is 1. The van der Waals surface area contributed by atoms with Crippen LogP contribution in [0.1, 0.15) is 12.0 Å². The summed E-state index contributed by atoms with van der Waals surface area (Å²) in [6.45, 7) is 3.08. The van der Waals surface area contributed by atoms with Gasteiger partial charge in [0.1, 0.15) is 5.75 Å². The third-order valence-corrected chi connectivity index (χ3v) is 4.88. The molecule has 0 aromatic heterocycles. The molecule has 3 rings (SSSR count). The monoisotopic (exact) mass is 418 g/mol. The number of amides is 1. The molecule has 1 heterocycles. The van der Waals surface area contributed by atoms with Crippen LogP contribution in [0.5, 0.6) is 5.75 Å². The Labute approximate surface area is 162 Å². The molecule has 0 saturated carbocycles. The Kier molecular flexibility index (Phi) is 6.52. The highest BCUT2D eigenvalue weighted by Crippen LogP contribution is 2.30. The van der Waals surface area contributed by atoms with E-state index >= 15 is 0 Å². The summed E-state index contributed by atoms with van der Waals surface area (Å²) in [4.78, 5) is 14.7. The van der Waals surface area contributed by atoms with Gasteiger partial charge in [-0.1, -0.05) is 28.1 Å². The largest absolute Gasteiger partial charge is 0.497 e. The van der Waals surface area contributed by atoms with Gasteiger partial charge in [0.05, 0.1) is 31.7 Å². The third-order valence-electron chi connectivity index (χ3n) is 4.38. The minimum atomic E-state index is 0.00780. The number of anilines is 2. The molecule has 0 atom stereocenters. The highest BCUT2D eigenvalue weighted by Gasteiger charge is 2.16. The first kappa shape index (κ1) is 18.7. The predicted octanol–water partition coefficient (Wildman–Crippen LogP) is 3.87.